The number of aromatic amines is 1. The van der Waals surface area contributed by atoms with Crippen molar-refractivity contribution in [1.82, 2.24) is 15.0 Å². The number of rotatable bonds is 6. The van der Waals surface area contributed by atoms with Crippen molar-refractivity contribution in [1.29, 1.82) is 0 Å². The third-order valence-electron chi connectivity index (χ3n) is 2.95. The first-order valence-electron chi connectivity index (χ1n) is 7.43. The standard InChI is InChI=1S/C16H17N5O5/c1-4-7-21(17)15-18-14(19-16(24)20-15)11-5-6-12(25-9(2)22)13(8-11)26-10(3)23/h4-6,8H,1,7,17H2,2-3H3,(H,18,19,20,24). The van der Waals surface area contributed by atoms with E-state index in [0.29, 0.717) is 5.56 Å². The SMILES string of the molecule is C=CCN(N)c1nc(-c2ccc(OC(C)=O)c(OC(C)=O)c2)[nH]c(=O)n1. The van der Waals surface area contributed by atoms with Crippen molar-refractivity contribution in [3.63, 3.8) is 0 Å². The summed E-state index contributed by atoms with van der Waals surface area (Å²) in [5, 5.41) is 1.14. The molecule has 0 unspecified atom stereocenters. The molecule has 1 aromatic heterocycles. The number of H-pyrrole nitrogens is 1. The summed E-state index contributed by atoms with van der Waals surface area (Å²) in [5.74, 6) is 4.76. The van der Waals surface area contributed by atoms with E-state index in [9.17, 15) is 14.4 Å². The maximum Gasteiger partial charge on any atom is 0.349 e. The number of nitrogens with two attached hydrogens (primary N) is 1. The Kier molecular flexibility index (Phi) is 5.81. The first-order valence-corrected chi connectivity index (χ1v) is 7.43. The number of nitrogens with zero attached hydrogens (tertiary/aromatic N) is 3. The van der Waals surface area contributed by atoms with Crippen LogP contribution in [-0.4, -0.2) is 33.4 Å². The Morgan fingerprint density at radius 3 is 2.50 bits per heavy atom. The quantitative estimate of drug-likeness (QED) is 0.249. The van der Waals surface area contributed by atoms with Crippen LogP contribution in [0.25, 0.3) is 11.4 Å². The van der Waals surface area contributed by atoms with E-state index in [1.807, 2.05) is 0 Å². The number of anilines is 1. The minimum absolute atomic E-state index is 0.00177. The van der Waals surface area contributed by atoms with Crippen molar-refractivity contribution >= 4 is 17.9 Å². The summed E-state index contributed by atoms with van der Waals surface area (Å²) in [6.07, 6.45) is 1.52. The van der Waals surface area contributed by atoms with Crippen LogP contribution < -0.4 is 26.0 Å². The van der Waals surface area contributed by atoms with E-state index in [4.69, 9.17) is 15.3 Å². The van der Waals surface area contributed by atoms with Gasteiger partial charge in [0.05, 0.1) is 6.54 Å². The Morgan fingerprint density at radius 2 is 1.88 bits per heavy atom. The van der Waals surface area contributed by atoms with Gasteiger partial charge in [0.1, 0.15) is 5.82 Å². The normalized spacial score (nSPS) is 10.1. The Bertz CT molecular complexity index is 908. The van der Waals surface area contributed by atoms with Crippen LogP contribution in [0.2, 0.25) is 0 Å². The van der Waals surface area contributed by atoms with Crippen molar-refractivity contribution in [2.45, 2.75) is 13.8 Å². The highest BCUT2D eigenvalue weighted by atomic mass is 16.6. The molecule has 10 nitrogen and oxygen atoms in total. The first kappa shape index (κ1) is 18.8. The summed E-state index contributed by atoms with van der Waals surface area (Å²) in [4.78, 5) is 44.6. The minimum Gasteiger partial charge on any atom is -0.423 e. The lowest BCUT2D eigenvalue weighted by Gasteiger charge is -2.14. The first-order chi connectivity index (χ1) is 12.3. The molecule has 0 fully saturated rings. The number of hydrogen-bond donors (Lipinski definition) is 2. The Hall–Kier alpha value is -3.53. The number of hydrogen-bond acceptors (Lipinski definition) is 9. The smallest absolute Gasteiger partial charge is 0.349 e. The maximum absolute atomic E-state index is 11.8. The molecule has 0 aliphatic heterocycles. The number of hydrazine groups is 1. The number of carbonyl (C=O) groups excluding carboxylic acids is 2. The lowest BCUT2D eigenvalue weighted by molar-refractivity contribution is -0.134. The summed E-state index contributed by atoms with van der Waals surface area (Å²) in [6, 6.07) is 4.34. The molecular weight excluding hydrogens is 342 g/mol. The molecule has 136 valence electrons. The van der Waals surface area contributed by atoms with Gasteiger partial charge in [0.2, 0.25) is 5.95 Å². The third kappa shape index (κ3) is 4.74. The van der Waals surface area contributed by atoms with Crippen LogP contribution in [0.5, 0.6) is 11.5 Å². The molecule has 1 aromatic carbocycles. The Balaban J connectivity index is 2.50. The summed E-state index contributed by atoms with van der Waals surface area (Å²) < 4.78 is 10.0. The lowest BCUT2D eigenvalue weighted by atomic mass is 10.2. The summed E-state index contributed by atoms with van der Waals surface area (Å²) in [6.45, 7) is 6.20. The number of benzene rings is 1. The molecule has 0 atom stereocenters. The molecule has 0 bridgehead atoms. The molecule has 0 saturated heterocycles. The van der Waals surface area contributed by atoms with Gasteiger partial charge in [0, 0.05) is 19.4 Å². The van der Waals surface area contributed by atoms with Gasteiger partial charge in [0.15, 0.2) is 11.5 Å². The zero-order chi connectivity index (χ0) is 19.3. The molecule has 0 radical (unpaired) electrons. The average Bonchev–Trinajstić information content (AvgIpc) is 2.55. The van der Waals surface area contributed by atoms with Crippen LogP contribution in [0.3, 0.4) is 0 Å². The van der Waals surface area contributed by atoms with Crippen molar-refractivity contribution in [3.8, 4) is 22.9 Å². The largest absolute Gasteiger partial charge is 0.423 e. The molecule has 3 N–H and O–H groups in total. The fraction of sp³-hybridized carbons (Fsp3) is 0.188. The molecule has 0 aliphatic carbocycles. The maximum atomic E-state index is 11.8. The van der Waals surface area contributed by atoms with Crippen LogP contribution in [-0.2, 0) is 9.59 Å². The van der Waals surface area contributed by atoms with Gasteiger partial charge >= 0.3 is 17.6 Å². The van der Waals surface area contributed by atoms with E-state index < -0.39 is 17.6 Å². The zero-order valence-electron chi connectivity index (χ0n) is 14.2. The van der Waals surface area contributed by atoms with Crippen LogP contribution in [0.15, 0.2) is 35.6 Å². The number of carbonyl (C=O) groups is 2. The Labute approximate surface area is 148 Å². The van der Waals surface area contributed by atoms with Crippen molar-refractivity contribution in [2.24, 2.45) is 5.84 Å². The van der Waals surface area contributed by atoms with Gasteiger partial charge in [-0.05, 0) is 18.2 Å². The number of aromatic nitrogens is 3. The zero-order valence-corrected chi connectivity index (χ0v) is 14.2. The molecule has 0 aliphatic rings. The van der Waals surface area contributed by atoms with Crippen molar-refractivity contribution in [3.05, 3.63) is 41.3 Å². The van der Waals surface area contributed by atoms with Gasteiger partial charge in [-0.2, -0.15) is 9.97 Å². The molecule has 2 aromatic rings. The molecule has 0 amide bonds. The van der Waals surface area contributed by atoms with Gasteiger partial charge in [-0.3, -0.25) is 19.6 Å². The summed E-state index contributed by atoms with van der Waals surface area (Å²) in [5.41, 5.74) is -0.271. The van der Waals surface area contributed by atoms with E-state index in [2.05, 4.69) is 21.5 Å². The highest BCUT2D eigenvalue weighted by Gasteiger charge is 2.15. The van der Waals surface area contributed by atoms with Gasteiger partial charge in [-0.25, -0.2) is 10.6 Å². The molecule has 2 rings (SSSR count). The molecular formula is C16H17N5O5. The fourth-order valence-corrected chi connectivity index (χ4v) is 1.99. The molecule has 0 saturated carbocycles. The summed E-state index contributed by atoms with van der Waals surface area (Å²) >= 11 is 0. The second kappa shape index (κ2) is 8.03. The molecule has 0 spiro atoms. The molecule has 1 heterocycles. The third-order valence-corrected chi connectivity index (χ3v) is 2.95. The highest BCUT2D eigenvalue weighted by molar-refractivity contribution is 5.75. The highest BCUT2D eigenvalue weighted by Crippen LogP contribution is 2.32. The van der Waals surface area contributed by atoms with Crippen molar-refractivity contribution in [2.75, 3.05) is 11.6 Å². The van der Waals surface area contributed by atoms with Crippen LogP contribution >= 0.6 is 0 Å². The second-order valence-electron chi connectivity index (χ2n) is 5.09. The van der Waals surface area contributed by atoms with Crippen LogP contribution in [0, 0.1) is 0 Å². The van der Waals surface area contributed by atoms with E-state index in [1.54, 1.807) is 0 Å². The van der Waals surface area contributed by atoms with Gasteiger partial charge in [-0.15, -0.1) is 6.58 Å². The predicted molar refractivity (Wildman–Crippen MR) is 92.4 cm³/mol. The van der Waals surface area contributed by atoms with Crippen LogP contribution in [0.1, 0.15) is 13.8 Å². The number of nitrogens with one attached hydrogen (secondary N) is 1. The van der Waals surface area contributed by atoms with E-state index in [0.717, 1.165) is 5.01 Å². The van der Waals surface area contributed by atoms with E-state index >= 15 is 0 Å². The van der Waals surface area contributed by atoms with Gasteiger partial charge in [0.25, 0.3) is 0 Å². The Morgan fingerprint density at radius 1 is 1.23 bits per heavy atom. The predicted octanol–water partition coefficient (Wildman–Crippen LogP) is 0.549. The van der Waals surface area contributed by atoms with E-state index in [1.165, 1.54) is 38.1 Å². The summed E-state index contributed by atoms with van der Waals surface area (Å²) in [7, 11) is 0. The molecule has 26 heavy (non-hydrogen) atoms. The number of esters is 2. The fourth-order valence-electron chi connectivity index (χ4n) is 1.99. The monoisotopic (exact) mass is 359 g/mol. The topological polar surface area (TPSA) is 140 Å². The lowest BCUT2D eigenvalue weighted by Crippen LogP contribution is -2.34. The average molecular weight is 359 g/mol. The van der Waals surface area contributed by atoms with Crippen LogP contribution in [0.4, 0.5) is 5.95 Å². The van der Waals surface area contributed by atoms with Gasteiger partial charge < -0.3 is 9.47 Å². The minimum atomic E-state index is -0.664. The van der Waals surface area contributed by atoms with E-state index in [-0.39, 0.29) is 29.8 Å². The van der Waals surface area contributed by atoms with Gasteiger partial charge in [-0.1, -0.05) is 6.08 Å². The number of ether oxygens (including phenoxy) is 2. The van der Waals surface area contributed by atoms with Crippen molar-refractivity contribution < 1.29 is 19.1 Å². The molecule has 10 heteroatoms. The second-order valence-corrected chi connectivity index (χ2v) is 5.09.